The predicted molar refractivity (Wildman–Crippen MR) is 143 cm³/mol. The van der Waals surface area contributed by atoms with Crippen LogP contribution in [0.1, 0.15) is 22.7 Å². The van der Waals surface area contributed by atoms with Gasteiger partial charge in [-0.3, -0.25) is 14.9 Å². The van der Waals surface area contributed by atoms with Crippen LogP contribution >= 0.6 is 0 Å². The number of para-hydroxylation sites is 1. The minimum atomic E-state index is -0.272. The molecule has 37 heavy (non-hydrogen) atoms. The monoisotopic (exact) mass is 492 g/mol. The molecule has 1 aromatic heterocycles. The van der Waals surface area contributed by atoms with E-state index in [2.05, 4.69) is 16.0 Å². The Balaban J connectivity index is 1.46. The summed E-state index contributed by atoms with van der Waals surface area (Å²) in [6.45, 7) is 2.14. The van der Waals surface area contributed by atoms with Crippen LogP contribution in [0.25, 0.3) is 6.08 Å². The number of rotatable bonds is 5. The van der Waals surface area contributed by atoms with Crippen molar-refractivity contribution >= 4 is 17.5 Å². The Morgan fingerprint density at radius 3 is 2.43 bits per heavy atom. The number of hydrazone groups is 1. The van der Waals surface area contributed by atoms with Gasteiger partial charge in [0.15, 0.2) is 0 Å². The molecule has 1 saturated heterocycles. The van der Waals surface area contributed by atoms with Crippen molar-refractivity contribution in [2.45, 2.75) is 12.6 Å². The zero-order valence-corrected chi connectivity index (χ0v) is 20.2. The number of piperidine rings is 1. The van der Waals surface area contributed by atoms with E-state index in [0.717, 1.165) is 46.8 Å². The third-order valence-electron chi connectivity index (χ3n) is 6.92. The Labute approximate surface area is 215 Å². The van der Waals surface area contributed by atoms with Gasteiger partial charge in [-0.05, 0) is 70.8 Å². The average molecular weight is 493 g/mol. The van der Waals surface area contributed by atoms with Gasteiger partial charge in [0.05, 0.1) is 17.4 Å². The lowest BCUT2D eigenvalue weighted by Gasteiger charge is -2.36. The average Bonchev–Trinajstić information content (AvgIpc) is 3.30. The number of aromatic nitrogens is 1. The smallest absolute Gasteiger partial charge is 0.123 e. The van der Waals surface area contributed by atoms with E-state index in [9.17, 15) is 8.78 Å². The highest BCUT2D eigenvalue weighted by molar-refractivity contribution is 6.09. The third-order valence-corrected chi connectivity index (χ3v) is 6.92. The Morgan fingerprint density at radius 2 is 1.68 bits per heavy atom. The summed E-state index contributed by atoms with van der Waals surface area (Å²) in [4.78, 5) is 6.65. The highest BCUT2D eigenvalue weighted by Crippen LogP contribution is 2.43. The quantitative estimate of drug-likeness (QED) is 0.319. The van der Waals surface area contributed by atoms with E-state index in [4.69, 9.17) is 5.10 Å². The van der Waals surface area contributed by atoms with Crippen molar-refractivity contribution in [2.75, 3.05) is 18.1 Å². The van der Waals surface area contributed by atoms with Gasteiger partial charge in [-0.15, -0.1) is 0 Å². The van der Waals surface area contributed by atoms with Crippen LogP contribution in [0.4, 0.5) is 14.5 Å². The lowest BCUT2D eigenvalue weighted by molar-refractivity contribution is 0.245. The fourth-order valence-corrected chi connectivity index (χ4v) is 5.38. The van der Waals surface area contributed by atoms with Gasteiger partial charge in [0, 0.05) is 37.9 Å². The van der Waals surface area contributed by atoms with Crippen molar-refractivity contribution in [3.63, 3.8) is 0 Å². The second kappa shape index (κ2) is 10.1. The first-order valence-electron chi connectivity index (χ1n) is 12.4. The molecule has 0 saturated carbocycles. The maximum Gasteiger partial charge on any atom is 0.123 e. The topological polar surface area (TPSA) is 31.7 Å². The number of benzene rings is 3. The molecule has 0 radical (unpaired) electrons. The number of likely N-dealkylation sites (tertiary alicyclic amines) is 1. The van der Waals surface area contributed by atoms with Crippen molar-refractivity contribution < 1.29 is 8.78 Å². The lowest BCUT2D eigenvalue weighted by Crippen LogP contribution is -2.43. The Morgan fingerprint density at radius 1 is 0.865 bits per heavy atom. The standard InChI is InChI=1S/C31H26F2N4/c32-26-10-4-7-22(16-26)15-25-20-36(19-23-8-6-14-34-18-23)21-29-30(25)35-37(28-12-2-1-3-13-28)31(29)24-9-5-11-27(33)17-24/h1-18,29,31H,19-21H2. The summed E-state index contributed by atoms with van der Waals surface area (Å²) in [5.41, 5.74) is 5.73. The minimum Gasteiger partial charge on any atom is -0.294 e. The molecule has 0 amide bonds. The summed E-state index contributed by atoms with van der Waals surface area (Å²) in [6, 6.07) is 27.2. The van der Waals surface area contributed by atoms with Crippen LogP contribution in [-0.4, -0.2) is 28.7 Å². The summed E-state index contributed by atoms with van der Waals surface area (Å²) in [5.74, 6) is -0.546. The largest absolute Gasteiger partial charge is 0.294 e. The number of fused-ring (bicyclic) bond motifs is 1. The molecule has 0 N–H and O–H groups in total. The van der Waals surface area contributed by atoms with E-state index < -0.39 is 0 Å². The van der Waals surface area contributed by atoms with E-state index >= 15 is 0 Å². The van der Waals surface area contributed by atoms with Gasteiger partial charge < -0.3 is 0 Å². The van der Waals surface area contributed by atoms with Gasteiger partial charge >= 0.3 is 0 Å². The normalized spacial score (nSPS) is 20.6. The highest BCUT2D eigenvalue weighted by Gasteiger charge is 2.44. The van der Waals surface area contributed by atoms with Crippen molar-refractivity contribution in [3.05, 3.63) is 137 Å². The molecule has 0 aliphatic carbocycles. The van der Waals surface area contributed by atoms with Crippen molar-refractivity contribution in [3.8, 4) is 0 Å². The van der Waals surface area contributed by atoms with E-state index in [1.54, 1.807) is 24.4 Å². The van der Waals surface area contributed by atoms with Crippen LogP contribution in [0.15, 0.2) is 114 Å². The summed E-state index contributed by atoms with van der Waals surface area (Å²) >= 11 is 0. The number of anilines is 1. The minimum absolute atomic E-state index is 0.00719. The van der Waals surface area contributed by atoms with Gasteiger partial charge in [-0.2, -0.15) is 5.10 Å². The zero-order chi connectivity index (χ0) is 25.2. The van der Waals surface area contributed by atoms with Gasteiger partial charge in [-0.25, -0.2) is 8.78 Å². The van der Waals surface area contributed by atoms with Crippen molar-refractivity contribution in [2.24, 2.45) is 11.0 Å². The molecule has 3 aromatic carbocycles. The van der Waals surface area contributed by atoms with Gasteiger partial charge in [-0.1, -0.05) is 48.5 Å². The molecule has 0 bridgehead atoms. The SMILES string of the molecule is Fc1cccc(C=C2CN(Cc3cccnc3)CC3C2=NN(c2ccccc2)C3c2cccc(F)c2)c1. The van der Waals surface area contributed by atoms with E-state index in [0.29, 0.717) is 6.54 Å². The zero-order valence-electron chi connectivity index (χ0n) is 20.2. The van der Waals surface area contributed by atoms with Crippen LogP contribution in [0.2, 0.25) is 0 Å². The van der Waals surface area contributed by atoms with Crippen molar-refractivity contribution in [1.82, 2.24) is 9.88 Å². The number of pyridine rings is 1. The molecular weight excluding hydrogens is 466 g/mol. The van der Waals surface area contributed by atoms with Crippen LogP contribution in [0.3, 0.4) is 0 Å². The summed E-state index contributed by atoms with van der Waals surface area (Å²) < 4.78 is 28.5. The Kier molecular flexibility index (Phi) is 6.33. The van der Waals surface area contributed by atoms with E-state index in [1.165, 1.54) is 18.2 Å². The van der Waals surface area contributed by atoms with Crippen molar-refractivity contribution in [1.29, 1.82) is 0 Å². The van der Waals surface area contributed by atoms with E-state index in [1.807, 2.05) is 65.8 Å². The second-order valence-corrected chi connectivity index (χ2v) is 9.53. The molecule has 6 rings (SSSR count). The maximum atomic E-state index is 14.4. The summed E-state index contributed by atoms with van der Waals surface area (Å²) in [5, 5.41) is 7.15. The molecule has 1 fully saturated rings. The Bertz CT molecular complexity index is 1450. The van der Waals surface area contributed by atoms with Crippen LogP contribution in [0, 0.1) is 17.6 Å². The molecule has 2 atom stereocenters. The summed E-state index contributed by atoms with van der Waals surface area (Å²) in [7, 11) is 0. The molecule has 184 valence electrons. The first-order chi connectivity index (χ1) is 18.1. The molecule has 6 heteroatoms. The molecule has 4 nitrogen and oxygen atoms in total. The summed E-state index contributed by atoms with van der Waals surface area (Å²) in [6.07, 6.45) is 5.68. The first kappa shape index (κ1) is 23.3. The molecular formula is C31H26F2N4. The van der Waals surface area contributed by atoms with Gasteiger partial charge in [0.1, 0.15) is 11.6 Å². The van der Waals surface area contributed by atoms with Crippen LogP contribution < -0.4 is 5.01 Å². The molecule has 0 spiro atoms. The maximum absolute atomic E-state index is 14.4. The molecule has 4 aromatic rings. The molecule has 2 aliphatic rings. The molecule has 2 unspecified atom stereocenters. The fourth-order valence-electron chi connectivity index (χ4n) is 5.38. The van der Waals surface area contributed by atoms with E-state index in [-0.39, 0.29) is 23.6 Å². The number of hydrogen-bond donors (Lipinski definition) is 0. The number of halogens is 2. The molecule has 3 heterocycles. The van der Waals surface area contributed by atoms with Gasteiger partial charge in [0.25, 0.3) is 0 Å². The lowest BCUT2D eigenvalue weighted by atomic mass is 9.82. The highest BCUT2D eigenvalue weighted by atomic mass is 19.1. The molecule has 2 aliphatic heterocycles. The van der Waals surface area contributed by atoms with Gasteiger partial charge in [0.2, 0.25) is 0 Å². The predicted octanol–water partition coefficient (Wildman–Crippen LogP) is 6.49. The number of nitrogens with zero attached hydrogens (tertiary/aromatic N) is 4. The Hall–Kier alpha value is -4.16. The number of hydrogen-bond acceptors (Lipinski definition) is 4. The fraction of sp³-hybridized carbons (Fsp3) is 0.161. The first-order valence-corrected chi connectivity index (χ1v) is 12.4. The van der Waals surface area contributed by atoms with Crippen LogP contribution in [0.5, 0.6) is 0 Å². The van der Waals surface area contributed by atoms with Crippen LogP contribution in [-0.2, 0) is 6.54 Å². The third kappa shape index (κ3) is 4.93. The second-order valence-electron chi connectivity index (χ2n) is 9.53.